The second-order valence-electron chi connectivity index (χ2n) is 4.97. The number of urea groups is 1. The maximum atomic E-state index is 11.9. The number of nitrogens with one attached hydrogen (secondary N) is 3. The molecule has 9 nitrogen and oxygen atoms in total. The first-order valence-electron chi connectivity index (χ1n) is 7.53. The average molecular weight is 351 g/mol. The molecule has 0 fully saturated rings. The highest BCUT2D eigenvalue weighted by Crippen LogP contribution is 1.99. The van der Waals surface area contributed by atoms with Crippen molar-refractivity contribution in [2.24, 2.45) is 0 Å². The molecule has 1 aromatic rings. The van der Waals surface area contributed by atoms with E-state index in [0.717, 1.165) is 0 Å². The summed E-state index contributed by atoms with van der Waals surface area (Å²) in [5.74, 6) is -2.02. The van der Waals surface area contributed by atoms with Crippen LogP contribution in [0.15, 0.2) is 30.3 Å². The quantitative estimate of drug-likeness (QED) is 0.441. The van der Waals surface area contributed by atoms with Gasteiger partial charge in [0.25, 0.3) is 11.8 Å². The Morgan fingerprint density at radius 2 is 1.80 bits per heavy atom. The fourth-order valence-corrected chi connectivity index (χ4v) is 1.66. The van der Waals surface area contributed by atoms with E-state index in [0.29, 0.717) is 12.2 Å². The molecule has 25 heavy (non-hydrogen) atoms. The Morgan fingerprint density at radius 3 is 2.44 bits per heavy atom. The highest BCUT2D eigenvalue weighted by Gasteiger charge is 2.19. The van der Waals surface area contributed by atoms with E-state index in [1.165, 1.54) is 14.0 Å². The zero-order valence-electron chi connectivity index (χ0n) is 14.0. The number of carbonyl (C=O) groups excluding carboxylic acids is 4. The van der Waals surface area contributed by atoms with E-state index in [4.69, 9.17) is 9.47 Å². The van der Waals surface area contributed by atoms with Gasteiger partial charge in [-0.05, 0) is 19.1 Å². The second-order valence-corrected chi connectivity index (χ2v) is 4.97. The lowest BCUT2D eigenvalue weighted by Crippen LogP contribution is -2.44. The molecular weight excluding hydrogens is 330 g/mol. The van der Waals surface area contributed by atoms with E-state index in [2.05, 4.69) is 10.6 Å². The van der Waals surface area contributed by atoms with Crippen molar-refractivity contribution in [2.45, 2.75) is 13.0 Å². The molecule has 0 bridgehead atoms. The molecule has 136 valence electrons. The molecule has 9 heteroatoms. The highest BCUT2D eigenvalue weighted by atomic mass is 16.5. The predicted octanol–water partition coefficient (Wildman–Crippen LogP) is -0.180. The topological polar surface area (TPSA) is 123 Å². The first-order chi connectivity index (χ1) is 11.9. The number of rotatable bonds is 8. The van der Waals surface area contributed by atoms with Crippen molar-refractivity contribution in [3.05, 3.63) is 35.9 Å². The number of ether oxygens (including phenoxy) is 2. The van der Waals surface area contributed by atoms with Gasteiger partial charge in [-0.1, -0.05) is 18.2 Å². The number of amides is 4. The number of hydrogen-bond donors (Lipinski definition) is 3. The number of carbonyl (C=O) groups is 4. The molecule has 4 amide bonds. The molecular formula is C16H21N3O6. The largest absolute Gasteiger partial charge is 0.454 e. The molecule has 0 saturated heterocycles. The van der Waals surface area contributed by atoms with E-state index in [-0.39, 0.29) is 6.54 Å². The highest BCUT2D eigenvalue weighted by molar-refractivity contribution is 5.97. The lowest BCUT2D eigenvalue weighted by molar-refractivity contribution is -0.149. The van der Waals surface area contributed by atoms with Crippen molar-refractivity contribution in [1.29, 1.82) is 0 Å². The minimum atomic E-state index is -0.948. The van der Waals surface area contributed by atoms with Crippen molar-refractivity contribution >= 4 is 23.8 Å². The zero-order valence-corrected chi connectivity index (χ0v) is 14.0. The summed E-state index contributed by atoms with van der Waals surface area (Å²) in [7, 11) is 1.47. The maximum absolute atomic E-state index is 11.9. The summed E-state index contributed by atoms with van der Waals surface area (Å²) in [4.78, 5) is 46.5. The minimum Gasteiger partial charge on any atom is -0.454 e. The number of methoxy groups -OCH3 is 1. The van der Waals surface area contributed by atoms with Gasteiger partial charge in [-0.2, -0.15) is 0 Å². The van der Waals surface area contributed by atoms with Crippen LogP contribution >= 0.6 is 0 Å². The molecule has 0 aliphatic heterocycles. The maximum Gasteiger partial charge on any atom is 0.328 e. The summed E-state index contributed by atoms with van der Waals surface area (Å²) < 4.78 is 9.49. The third-order valence-corrected chi connectivity index (χ3v) is 2.93. The summed E-state index contributed by atoms with van der Waals surface area (Å²) in [5.41, 5.74) is 0.396. The second kappa shape index (κ2) is 10.8. The molecule has 1 aromatic carbocycles. The fourth-order valence-electron chi connectivity index (χ4n) is 1.66. The van der Waals surface area contributed by atoms with Crippen molar-refractivity contribution in [1.82, 2.24) is 16.0 Å². The molecule has 0 saturated carbocycles. The van der Waals surface area contributed by atoms with Gasteiger partial charge >= 0.3 is 12.0 Å². The van der Waals surface area contributed by atoms with Gasteiger partial charge in [0, 0.05) is 19.2 Å². The molecule has 1 atom stereocenters. The van der Waals surface area contributed by atoms with Crippen LogP contribution in [0.25, 0.3) is 0 Å². The van der Waals surface area contributed by atoms with Crippen LogP contribution in [0.1, 0.15) is 17.3 Å². The number of esters is 1. The van der Waals surface area contributed by atoms with Crippen LogP contribution in [0.2, 0.25) is 0 Å². The summed E-state index contributed by atoms with van der Waals surface area (Å²) in [5, 5.41) is 6.82. The van der Waals surface area contributed by atoms with Gasteiger partial charge < -0.3 is 20.1 Å². The van der Waals surface area contributed by atoms with Crippen LogP contribution < -0.4 is 16.0 Å². The van der Waals surface area contributed by atoms with Gasteiger partial charge in [0.2, 0.25) is 0 Å². The lowest BCUT2D eigenvalue weighted by atomic mass is 10.2. The van der Waals surface area contributed by atoms with Crippen molar-refractivity contribution < 1.29 is 28.7 Å². The Kier molecular flexibility index (Phi) is 8.66. The van der Waals surface area contributed by atoms with Crippen LogP contribution in [0.5, 0.6) is 0 Å². The van der Waals surface area contributed by atoms with Crippen molar-refractivity contribution in [3.8, 4) is 0 Å². The molecule has 0 aliphatic rings. The smallest absolute Gasteiger partial charge is 0.328 e. The van der Waals surface area contributed by atoms with Crippen molar-refractivity contribution in [2.75, 3.05) is 26.9 Å². The van der Waals surface area contributed by atoms with Crippen LogP contribution in [-0.4, -0.2) is 56.7 Å². The van der Waals surface area contributed by atoms with Gasteiger partial charge in [0.05, 0.1) is 6.61 Å². The molecule has 1 rings (SSSR count). The number of benzene rings is 1. The molecule has 0 heterocycles. The third-order valence-electron chi connectivity index (χ3n) is 2.93. The van der Waals surface area contributed by atoms with Crippen LogP contribution in [-0.2, 0) is 19.1 Å². The fraction of sp³-hybridized carbons (Fsp3) is 0.375. The molecule has 3 N–H and O–H groups in total. The van der Waals surface area contributed by atoms with E-state index < -0.39 is 36.5 Å². The minimum absolute atomic E-state index is 0.234. The van der Waals surface area contributed by atoms with Gasteiger partial charge in [-0.3, -0.25) is 14.9 Å². The zero-order chi connectivity index (χ0) is 18.7. The third kappa shape index (κ3) is 7.93. The first-order valence-corrected chi connectivity index (χ1v) is 7.53. The predicted molar refractivity (Wildman–Crippen MR) is 87.7 cm³/mol. The Labute approximate surface area is 145 Å². The Bertz CT molecular complexity index is 605. The molecule has 0 aliphatic carbocycles. The van der Waals surface area contributed by atoms with Gasteiger partial charge in [0.15, 0.2) is 6.61 Å². The first kappa shape index (κ1) is 20.1. The molecule has 1 unspecified atom stereocenters. The summed E-state index contributed by atoms with van der Waals surface area (Å²) >= 11 is 0. The SMILES string of the molecule is COCCNC(=O)NC(=O)COC(=O)C(C)NC(=O)c1ccccc1. The van der Waals surface area contributed by atoms with Gasteiger partial charge in [0.1, 0.15) is 6.04 Å². The number of hydrogen-bond acceptors (Lipinski definition) is 6. The Balaban J connectivity index is 2.31. The van der Waals surface area contributed by atoms with Crippen LogP contribution in [0.4, 0.5) is 4.79 Å². The van der Waals surface area contributed by atoms with E-state index >= 15 is 0 Å². The van der Waals surface area contributed by atoms with E-state index in [1.807, 2.05) is 5.32 Å². The Morgan fingerprint density at radius 1 is 1.12 bits per heavy atom. The molecule has 0 spiro atoms. The monoisotopic (exact) mass is 351 g/mol. The Hall–Kier alpha value is -2.94. The number of imide groups is 1. The van der Waals surface area contributed by atoms with E-state index in [9.17, 15) is 19.2 Å². The van der Waals surface area contributed by atoms with Gasteiger partial charge in [-0.25, -0.2) is 9.59 Å². The van der Waals surface area contributed by atoms with Crippen molar-refractivity contribution in [3.63, 3.8) is 0 Å². The van der Waals surface area contributed by atoms with Crippen LogP contribution in [0, 0.1) is 0 Å². The normalized spacial score (nSPS) is 11.1. The standard InChI is InChI=1S/C16H21N3O6/c1-11(18-14(21)12-6-4-3-5-7-12)15(22)25-10-13(20)19-16(23)17-8-9-24-2/h3-7,11H,8-10H2,1-2H3,(H,18,21)(H2,17,19,20,23). The van der Waals surface area contributed by atoms with Crippen LogP contribution in [0.3, 0.4) is 0 Å². The summed E-state index contributed by atoms with van der Waals surface area (Å²) in [6.45, 7) is 1.33. The summed E-state index contributed by atoms with van der Waals surface area (Å²) in [6, 6.07) is 6.68. The average Bonchev–Trinajstić information content (AvgIpc) is 2.60. The molecule has 0 aromatic heterocycles. The van der Waals surface area contributed by atoms with E-state index in [1.54, 1.807) is 30.3 Å². The molecule has 0 radical (unpaired) electrons. The lowest BCUT2D eigenvalue weighted by Gasteiger charge is -2.13. The summed E-state index contributed by atoms with van der Waals surface area (Å²) in [6.07, 6.45) is 0. The van der Waals surface area contributed by atoms with Gasteiger partial charge in [-0.15, -0.1) is 0 Å².